The predicted octanol–water partition coefficient (Wildman–Crippen LogP) is 2.09. The summed E-state index contributed by atoms with van der Waals surface area (Å²) < 4.78 is 4.99. The van der Waals surface area contributed by atoms with Crippen LogP contribution in [0.5, 0.6) is 0 Å². The topological polar surface area (TPSA) is 75.7 Å². The number of anilines is 2. The molecule has 1 aromatic rings. The van der Waals surface area contributed by atoms with Crippen LogP contribution >= 0.6 is 0 Å². The van der Waals surface area contributed by atoms with Gasteiger partial charge in [-0.2, -0.15) is 0 Å². The molecule has 22 heavy (non-hydrogen) atoms. The minimum atomic E-state index is -0.388. The van der Waals surface area contributed by atoms with Gasteiger partial charge in [-0.3, -0.25) is 14.4 Å². The van der Waals surface area contributed by atoms with Crippen molar-refractivity contribution in [2.24, 2.45) is 0 Å². The molecule has 0 bridgehead atoms. The molecule has 1 aliphatic heterocycles. The van der Waals surface area contributed by atoms with Gasteiger partial charge in [0.15, 0.2) is 6.61 Å². The van der Waals surface area contributed by atoms with E-state index in [4.69, 9.17) is 4.74 Å². The van der Waals surface area contributed by atoms with Gasteiger partial charge in [0.1, 0.15) is 0 Å². The summed E-state index contributed by atoms with van der Waals surface area (Å²) >= 11 is 0. The summed E-state index contributed by atoms with van der Waals surface area (Å²) in [6.07, 6.45) is 1.16. The number of hydrogen-bond acceptors (Lipinski definition) is 4. The number of nitrogens with one attached hydrogen (secondary N) is 1. The lowest BCUT2D eigenvalue weighted by molar-refractivity contribution is -0.148. The fourth-order valence-corrected chi connectivity index (χ4v) is 2.46. The van der Waals surface area contributed by atoms with Crippen molar-refractivity contribution < 1.29 is 19.1 Å². The summed E-state index contributed by atoms with van der Waals surface area (Å²) in [5.41, 5.74) is 1.21. The molecule has 1 atom stereocenters. The van der Waals surface area contributed by atoms with Crippen LogP contribution in [0.25, 0.3) is 0 Å². The quantitative estimate of drug-likeness (QED) is 0.864. The SMILES string of the molecule is CCCC(=O)OCC(=O)N1c2ccccc2NC(=O)C[C@H]1C. The van der Waals surface area contributed by atoms with E-state index in [1.165, 1.54) is 4.90 Å². The van der Waals surface area contributed by atoms with Crippen molar-refractivity contribution in [3.8, 4) is 0 Å². The van der Waals surface area contributed by atoms with Crippen LogP contribution in [0.2, 0.25) is 0 Å². The van der Waals surface area contributed by atoms with Crippen LogP contribution in [-0.4, -0.2) is 30.4 Å². The number of ether oxygens (including phenoxy) is 1. The predicted molar refractivity (Wildman–Crippen MR) is 82.5 cm³/mol. The summed E-state index contributed by atoms with van der Waals surface area (Å²) in [7, 11) is 0. The molecule has 1 aromatic carbocycles. The Hall–Kier alpha value is -2.37. The third-order valence-electron chi connectivity index (χ3n) is 3.44. The van der Waals surface area contributed by atoms with Gasteiger partial charge in [-0.15, -0.1) is 0 Å². The molecule has 118 valence electrons. The van der Waals surface area contributed by atoms with Crippen molar-refractivity contribution in [1.82, 2.24) is 0 Å². The standard InChI is InChI=1S/C16H20N2O4/c1-3-6-16(21)22-10-15(20)18-11(2)9-14(19)17-12-7-4-5-8-13(12)18/h4-5,7-8,11H,3,6,9-10H2,1-2H3,(H,17,19)/t11-/m1/s1. The zero-order valence-corrected chi connectivity index (χ0v) is 12.8. The van der Waals surface area contributed by atoms with Crippen molar-refractivity contribution in [2.75, 3.05) is 16.8 Å². The summed E-state index contributed by atoms with van der Waals surface area (Å²) in [5, 5.41) is 2.78. The molecule has 0 unspecified atom stereocenters. The zero-order chi connectivity index (χ0) is 16.1. The van der Waals surface area contributed by atoms with E-state index in [0.717, 1.165) is 0 Å². The molecule has 0 radical (unpaired) electrons. The Kier molecular flexibility index (Phi) is 5.14. The fourth-order valence-electron chi connectivity index (χ4n) is 2.46. The van der Waals surface area contributed by atoms with Gasteiger partial charge in [0.2, 0.25) is 5.91 Å². The molecule has 6 nitrogen and oxygen atoms in total. The maximum atomic E-state index is 12.4. The van der Waals surface area contributed by atoms with Crippen LogP contribution < -0.4 is 10.2 Å². The van der Waals surface area contributed by atoms with E-state index in [1.807, 2.05) is 6.92 Å². The largest absolute Gasteiger partial charge is 0.456 e. The molecule has 0 saturated carbocycles. The first-order chi connectivity index (χ1) is 10.5. The van der Waals surface area contributed by atoms with E-state index in [1.54, 1.807) is 31.2 Å². The number of esters is 1. The minimum absolute atomic E-state index is 0.141. The maximum absolute atomic E-state index is 12.4. The molecule has 0 aromatic heterocycles. The van der Waals surface area contributed by atoms with Gasteiger partial charge >= 0.3 is 5.97 Å². The molecule has 2 amide bonds. The van der Waals surface area contributed by atoms with Gasteiger partial charge < -0.3 is 15.0 Å². The Morgan fingerprint density at radius 1 is 1.36 bits per heavy atom. The van der Waals surface area contributed by atoms with Gasteiger partial charge in [0.05, 0.1) is 11.4 Å². The van der Waals surface area contributed by atoms with Crippen molar-refractivity contribution in [1.29, 1.82) is 0 Å². The number of nitrogens with zero attached hydrogens (tertiary/aromatic N) is 1. The third-order valence-corrected chi connectivity index (χ3v) is 3.44. The summed E-state index contributed by atoms with van der Waals surface area (Å²) in [5.74, 6) is -0.861. The molecular weight excluding hydrogens is 284 g/mol. The van der Waals surface area contributed by atoms with Crippen molar-refractivity contribution in [2.45, 2.75) is 39.2 Å². The highest BCUT2D eigenvalue weighted by atomic mass is 16.5. The van der Waals surface area contributed by atoms with Crippen LogP contribution in [0.4, 0.5) is 11.4 Å². The number of carbonyl (C=O) groups excluding carboxylic acids is 3. The van der Waals surface area contributed by atoms with E-state index in [0.29, 0.717) is 24.2 Å². The van der Waals surface area contributed by atoms with E-state index < -0.39 is 0 Å². The first-order valence-electron chi connectivity index (χ1n) is 7.39. The van der Waals surface area contributed by atoms with Crippen LogP contribution in [0.3, 0.4) is 0 Å². The van der Waals surface area contributed by atoms with E-state index in [9.17, 15) is 14.4 Å². The molecule has 1 aliphatic rings. The molecule has 0 fully saturated rings. The number of fused-ring (bicyclic) bond motifs is 1. The van der Waals surface area contributed by atoms with E-state index in [2.05, 4.69) is 5.32 Å². The van der Waals surface area contributed by atoms with Crippen LogP contribution in [-0.2, 0) is 19.1 Å². The summed E-state index contributed by atoms with van der Waals surface area (Å²) in [6.45, 7) is 3.35. The Balaban J connectivity index is 2.18. The molecule has 2 rings (SSSR count). The zero-order valence-electron chi connectivity index (χ0n) is 12.8. The monoisotopic (exact) mass is 304 g/mol. The fraction of sp³-hybridized carbons (Fsp3) is 0.438. The second kappa shape index (κ2) is 7.06. The third kappa shape index (κ3) is 3.63. The summed E-state index contributed by atoms with van der Waals surface area (Å²) in [4.78, 5) is 37.2. The Bertz CT molecular complexity index is 585. The van der Waals surface area contributed by atoms with E-state index in [-0.39, 0.29) is 36.9 Å². The molecule has 0 saturated heterocycles. The average molecular weight is 304 g/mol. The molecule has 1 N–H and O–H groups in total. The Morgan fingerprint density at radius 2 is 2.09 bits per heavy atom. The lowest BCUT2D eigenvalue weighted by Gasteiger charge is -2.27. The number of carbonyl (C=O) groups is 3. The van der Waals surface area contributed by atoms with Gasteiger partial charge in [-0.05, 0) is 25.5 Å². The molecule has 6 heteroatoms. The Labute approximate surface area is 129 Å². The number of rotatable bonds is 4. The van der Waals surface area contributed by atoms with Gasteiger partial charge in [-0.1, -0.05) is 19.1 Å². The van der Waals surface area contributed by atoms with Gasteiger partial charge in [-0.25, -0.2) is 0 Å². The number of para-hydroxylation sites is 2. The first kappa shape index (κ1) is 16.0. The highest BCUT2D eigenvalue weighted by molar-refractivity contribution is 6.05. The van der Waals surface area contributed by atoms with E-state index >= 15 is 0 Å². The lowest BCUT2D eigenvalue weighted by Crippen LogP contribution is -2.41. The Morgan fingerprint density at radius 3 is 2.82 bits per heavy atom. The first-order valence-corrected chi connectivity index (χ1v) is 7.39. The van der Waals surface area contributed by atoms with Crippen molar-refractivity contribution in [3.05, 3.63) is 24.3 Å². The molecule has 0 spiro atoms. The number of hydrogen-bond donors (Lipinski definition) is 1. The van der Waals surface area contributed by atoms with Gasteiger partial charge in [0, 0.05) is 18.9 Å². The minimum Gasteiger partial charge on any atom is -0.456 e. The second-order valence-electron chi connectivity index (χ2n) is 5.29. The smallest absolute Gasteiger partial charge is 0.306 e. The van der Waals surface area contributed by atoms with Gasteiger partial charge in [0.25, 0.3) is 5.91 Å². The number of benzene rings is 1. The highest BCUT2D eigenvalue weighted by Gasteiger charge is 2.29. The molecule has 0 aliphatic carbocycles. The number of amides is 2. The average Bonchev–Trinajstić information content (AvgIpc) is 2.59. The molecular formula is C16H20N2O4. The van der Waals surface area contributed by atoms with Crippen LogP contribution in [0, 0.1) is 0 Å². The summed E-state index contributed by atoms with van der Waals surface area (Å²) in [6, 6.07) is 6.80. The maximum Gasteiger partial charge on any atom is 0.306 e. The molecule has 1 heterocycles. The van der Waals surface area contributed by atoms with Crippen molar-refractivity contribution >= 4 is 29.2 Å². The lowest BCUT2D eigenvalue weighted by atomic mass is 10.1. The van der Waals surface area contributed by atoms with Crippen LogP contribution in [0.15, 0.2) is 24.3 Å². The second-order valence-corrected chi connectivity index (χ2v) is 5.29. The van der Waals surface area contributed by atoms with Crippen LogP contribution in [0.1, 0.15) is 33.1 Å². The van der Waals surface area contributed by atoms with Crippen molar-refractivity contribution in [3.63, 3.8) is 0 Å². The highest BCUT2D eigenvalue weighted by Crippen LogP contribution is 2.31. The normalized spacial score (nSPS) is 17.3.